The molecule has 1 fully saturated rings. The van der Waals surface area contributed by atoms with Crippen molar-refractivity contribution in [1.82, 2.24) is 4.90 Å². The number of nitrogens with two attached hydrogens (primary N) is 1. The Balaban J connectivity index is 1.95. The number of para-hydroxylation sites is 1. The number of hydrogen-bond donors (Lipinski definition) is 1. The normalized spacial score (nSPS) is 16.8. The molecular weight excluding hydrogens is 212 g/mol. The molecule has 1 aliphatic heterocycles. The minimum Gasteiger partial charge on any atom is -0.385 e. The Hall–Kier alpha value is -2.15. The molecule has 1 saturated heterocycles. The van der Waals surface area contributed by atoms with Crippen molar-refractivity contribution in [2.75, 3.05) is 31.1 Å². The van der Waals surface area contributed by atoms with Crippen molar-refractivity contribution in [1.29, 1.82) is 5.26 Å². The molecule has 0 amide bonds. The summed E-state index contributed by atoms with van der Waals surface area (Å²) in [7, 11) is 0. The van der Waals surface area contributed by atoms with Gasteiger partial charge in [0.2, 0.25) is 0 Å². The maximum absolute atomic E-state index is 8.55. The molecule has 17 heavy (non-hydrogen) atoms. The van der Waals surface area contributed by atoms with Gasteiger partial charge in [0.25, 0.3) is 0 Å². The average Bonchev–Trinajstić information content (AvgIpc) is 2.40. The first kappa shape index (κ1) is 11.3. The number of allylic oxidation sites excluding steroid dienone is 1. The van der Waals surface area contributed by atoms with Crippen LogP contribution >= 0.6 is 0 Å². The fourth-order valence-corrected chi connectivity index (χ4v) is 2.02. The molecule has 0 radical (unpaired) electrons. The van der Waals surface area contributed by atoms with Crippen LogP contribution in [0.25, 0.3) is 0 Å². The van der Waals surface area contributed by atoms with Crippen LogP contribution in [-0.4, -0.2) is 31.1 Å². The van der Waals surface area contributed by atoms with Crippen molar-refractivity contribution in [3.63, 3.8) is 0 Å². The molecule has 1 heterocycles. The highest BCUT2D eigenvalue weighted by atomic mass is 15.3. The van der Waals surface area contributed by atoms with Gasteiger partial charge in [0.05, 0.1) is 12.1 Å². The molecule has 4 nitrogen and oxygen atoms in total. The van der Waals surface area contributed by atoms with E-state index in [9.17, 15) is 0 Å². The Bertz CT molecular complexity index is 424. The van der Waals surface area contributed by atoms with Crippen LogP contribution in [0.3, 0.4) is 0 Å². The minimum atomic E-state index is 0.570. The molecule has 0 unspecified atom stereocenters. The lowest BCUT2D eigenvalue weighted by Gasteiger charge is -2.37. The molecule has 0 spiro atoms. The standard InChI is InChI=1S/C13H16N4/c14-7-6-13(15)17-10-8-16(9-11-17)12-4-2-1-3-5-12/h1-6H,8-11,15H2. The Morgan fingerprint density at radius 2 is 1.82 bits per heavy atom. The van der Waals surface area contributed by atoms with Gasteiger partial charge in [-0.1, -0.05) is 18.2 Å². The molecule has 88 valence electrons. The fourth-order valence-electron chi connectivity index (χ4n) is 2.02. The largest absolute Gasteiger partial charge is 0.385 e. The van der Waals surface area contributed by atoms with E-state index in [1.54, 1.807) is 0 Å². The van der Waals surface area contributed by atoms with Crippen LogP contribution in [0.5, 0.6) is 0 Å². The van der Waals surface area contributed by atoms with Crippen LogP contribution < -0.4 is 10.6 Å². The topological polar surface area (TPSA) is 56.3 Å². The van der Waals surface area contributed by atoms with Crippen molar-refractivity contribution in [2.24, 2.45) is 5.73 Å². The van der Waals surface area contributed by atoms with Gasteiger partial charge >= 0.3 is 0 Å². The summed E-state index contributed by atoms with van der Waals surface area (Å²) in [5, 5.41) is 8.55. The van der Waals surface area contributed by atoms with Crippen molar-refractivity contribution < 1.29 is 0 Å². The number of nitriles is 1. The quantitative estimate of drug-likeness (QED) is 0.771. The summed E-state index contributed by atoms with van der Waals surface area (Å²) < 4.78 is 0. The lowest BCUT2D eigenvalue weighted by atomic mass is 10.2. The van der Waals surface area contributed by atoms with Crippen molar-refractivity contribution in [2.45, 2.75) is 0 Å². The van der Waals surface area contributed by atoms with Gasteiger partial charge in [0.1, 0.15) is 5.82 Å². The van der Waals surface area contributed by atoms with Crippen LogP contribution in [0.2, 0.25) is 0 Å². The summed E-state index contributed by atoms with van der Waals surface area (Å²) in [5.74, 6) is 0.570. The predicted octanol–water partition coefficient (Wildman–Crippen LogP) is 1.13. The summed E-state index contributed by atoms with van der Waals surface area (Å²) in [4.78, 5) is 4.37. The molecule has 0 aromatic heterocycles. The molecule has 0 aliphatic carbocycles. The molecule has 0 saturated carbocycles. The highest BCUT2D eigenvalue weighted by Crippen LogP contribution is 2.16. The second-order valence-electron chi connectivity index (χ2n) is 4.01. The number of piperazine rings is 1. The molecule has 4 heteroatoms. The third-order valence-electron chi connectivity index (χ3n) is 2.98. The summed E-state index contributed by atoms with van der Waals surface area (Å²) in [5.41, 5.74) is 7.03. The first-order chi connectivity index (χ1) is 8.31. The Morgan fingerprint density at radius 1 is 1.18 bits per heavy atom. The van der Waals surface area contributed by atoms with E-state index in [1.165, 1.54) is 11.8 Å². The molecular formula is C13H16N4. The maximum Gasteiger partial charge on any atom is 0.109 e. The lowest BCUT2D eigenvalue weighted by Crippen LogP contribution is -2.47. The van der Waals surface area contributed by atoms with Crippen LogP contribution in [0, 0.1) is 11.3 Å². The summed E-state index contributed by atoms with van der Waals surface area (Å²) in [6, 6.07) is 12.3. The maximum atomic E-state index is 8.55. The predicted molar refractivity (Wildman–Crippen MR) is 68.1 cm³/mol. The zero-order chi connectivity index (χ0) is 12.1. The first-order valence-electron chi connectivity index (χ1n) is 5.71. The number of nitrogens with zero attached hydrogens (tertiary/aromatic N) is 3. The summed E-state index contributed by atoms with van der Waals surface area (Å²) in [6.07, 6.45) is 1.40. The first-order valence-corrected chi connectivity index (χ1v) is 5.71. The molecule has 0 atom stereocenters. The van der Waals surface area contributed by atoms with Crippen molar-refractivity contribution >= 4 is 5.69 Å². The SMILES string of the molecule is N#CC=C(N)N1CCN(c2ccccc2)CC1. The van der Waals surface area contributed by atoms with Crippen LogP contribution in [-0.2, 0) is 0 Å². The Morgan fingerprint density at radius 3 is 2.41 bits per heavy atom. The van der Waals surface area contributed by atoms with Gasteiger partial charge in [0.15, 0.2) is 0 Å². The summed E-state index contributed by atoms with van der Waals surface area (Å²) >= 11 is 0. The van der Waals surface area contributed by atoms with Crippen LogP contribution in [0.15, 0.2) is 42.2 Å². The molecule has 1 aromatic carbocycles. The molecule has 0 bridgehead atoms. The monoisotopic (exact) mass is 228 g/mol. The van der Waals surface area contributed by atoms with E-state index in [0.29, 0.717) is 5.82 Å². The zero-order valence-corrected chi connectivity index (χ0v) is 9.71. The molecule has 1 aliphatic rings. The Labute approximate surface area is 102 Å². The highest BCUT2D eigenvalue weighted by molar-refractivity contribution is 5.46. The number of hydrogen-bond acceptors (Lipinski definition) is 4. The zero-order valence-electron chi connectivity index (χ0n) is 9.71. The van der Waals surface area contributed by atoms with Gasteiger partial charge in [-0.05, 0) is 12.1 Å². The summed E-state index contributed by atoms with van der Waals surface area (Å²) in [6.45, 7) is 3.59. The third-order valence-corrected chi connectivity index (χ3v) is 2.98. The smallest absolute Gasteiger partial charge is 0.109 e. The fraction of sp³-hybridized carbons (Fsp3) is 0.308. The molecule has 1 aromatic rings. The van der Waals surface area contributed by atoms with E-state index >= 15 is 0 Å². The van der Waals surface area contributed by atoms with Gasteiger partial charge in [-0.2, -0.15) is 5.26 Å². The van der Waals surface area contributed by atoms with Crippen LogP contribution in [0.4, 0.5) is 5.69 Å². The van der Waals surface area contributed by atoms with Crippen molar-refractivity contribution in [3.8, 4) is 6.07 Å². The number of rotatable bonds is 2. The third kappa shape index (κ3) is 2.70. The van der Waals surface area contributed by atoms with Crippen LogP contribution in [0.1, 0.15) is 0 Å². The number of benzene rings is 1. The van der Waals surface area contributed by atoms with Gasteiger partial charge in [-0.3, -0.25) is 0 Å². The van der Waals surface area contributed by atoms with E-state index in [1.807, 2.05) is 29.2 Å². The second kappa shape index (κ2) is 5.26. The minimum absolute atomic E-state index is 0.570. The lowest BCUT2D eigenvalue weighted by molar-refractivity contribution is 0.318. The van der Waals surface area contributed by atoms with Gasteiger partial charge in [0, 0.05) is 31.9 Å². The highest BCUT2D eigenvalue weighted by Gasteiger charge is 2.17. The number of anilines is 1. The Kier molecular flexibility index (Phi) is 3.51. The second-order valence-corrected chi connectivity index (χ2v) is 4.01. The van der Waals surface area contributed by atoms with E-state index in [0.717, 1.165) is 26.2 Å². The van der Waals surface area contributed by atoms with Gasteiger partial charge < -0.3 is 15.5 Å². The van der Waals surface area contributed by atoms with E-state index < -0.39 is 0 Å². The van der Waals surface area contributed by atoms with E-state index in [2.05, 4.69) is 17.0 Å². The van der Waals surface area contributed by atoms with E-state index in [4.69, 9.17) is 11.0 Å². The van der Waals surface area contributed by atoms with Gasteiger partial charge in [-0.25, -0.2) is 0 Å². The van der Waals surface area contributed by atoms with E-state index in [-0.39, 0.29) is 0 Å². The molecule has 2 N–H and O–H groups in total. The van der Waals surface area contributed by atoms with Gasteiger partial charge in [-0.15, -0.1) is 0 Å². The molecule has 2 rings (SSSR count). The average molecular weight is 228 g/mol. The van der Waals surface area contributed by atoms with Crippen molar-refractivity contribution in [3.05, 3.63) is 42.2 Å².